The van der Waals surface area contributed by atoms with Gasteiger partial charge in [-0.25, -0.2) is 5.43 Å². The van der Waals surface area contributed by atoms with Crippen molar-refractivity contribution in [2.45, 2.75) is 17.9 Å². The maximum absolute atomic E-state index is 5.54. The van der Waals surface area contributed by atoms with Crippen molar-refractivity contribution in [3.63, 3.8) is 0 Å². The van der Waals surface area contributed by atoms with Crippen LogP contribution in [0.4, 0.5) is 0 Å². The van der Waals surface area contributed by atoms with E-state index in [9.17, 15) is 0 Å². The Hall–Kier alpha value is -1.23. The molecule has 0 bridgehead atoms. The largest absolute Gasteiger partial charge is 0.468 e. The average Bonchev–Trinajstić information content (AvgIpc) is 2.86. The predicted octanol–water partition coefficient (Wildman–Crippen LogP) is 2.88. The van der Waals surface area contributed by atoms with Crippen LogP contribution in [-0.2, 0) is 0 Å². The number of benzene rings is 1. The number of hydrazine groups is 1. The summed E-state index contributed by atoms with van der Waals surface area (Å²) in [5.41, 5.74) is 4.06. The molecule has 1 aromatic heterocycles. The first kappa shape index (κ1) is 12.2. The first-order valence-corrected chi connectivity index (χ1v) is 6.48. The van der Waals surface area contributed by atoms with E-state index in [1.54, 1.807) is 18.0 Å². The topological polar surface area (TPSA) is 51.2 Å². The number of thioether (sulfide) groups is 1. The second-order valence-electron chi connectivity index (χ2n) is 3.81. The SMILES string of the molecule is Cc1ccccc1SCC(NN)c1ccco1. The van der Waals surface area contributed by atoms with E-state index in [2.05, 4.69) is 24.5 Å². The molecule has 0 saturated carbocycles. The molecule has 4 heteroatoms. The molecule has 17 heavy (non-hydrogen) atoms. The van der Waals surface area contributed by atoms with Crippen LogP contribution in [0.25, 0.3) is 0 Å². The van der Waals surface area contributed by atoms with Crippen molar-refractivity contribution < 1.29 is 4.42 Å². The van der Waals surface area contributed by atoms with Gasteiger partial charge in [-0.1, -0.05) is 18.2 Å². The summed E-state index contributed by atoms with van der Waals surface area (Å²) in [6.45, 7) is 2.11. The Kier molecular flexibility index (Phi) is 4.25. The quantitative estimate of drug-likeness (QED) is 0.485. The molecular formula is C13H16N2OS. The summed E-state index contributed by atoms with van der Waals surface area (Å²) < 4.78 is 5.35. The molecule has 1 atom stereocenters. The van der Waals surface area contributed by atoms with Crippen LogP contribution < -0.4 is 11.3 Å². The Morgan fingerprint density at radius 1 is 1.29 bits per heavy atom. The molecule has 3 N–H and O–H groups in total. The van der Waals surface area contributed by atoms with E-state index in [-0.39, 0.29) is 6.04 Å². The van der Waals surface area contributed by atoms with E-state index in [4.69, 9.17) is 10.3 Å². The normalized spacial score (nSPS) is 12.6. The highest BCUT2D eigenvalue weighted by molar-refractivity contribution is 7.99. The van der Waals surface area contributed by atoms with Crippen LogP contribution in [0.2, 0.25) is 0 Å². The molecule has 0 aliphatic heterocycles. The van der Waals surface area contributed by atoms with Crippen molar-refractivity contribution in [1.29, 1.82) is 0 Å². The van der Waals surface area contributed by atoms with Crippen molar-refractivity contribution in [3.8, 4) is 0 Å². The van der Waals surface area contributed by atoms with Crippen molar-refractivity contribution in [1.82, 2.24) is 5.43 Å². The van der Waals surface area contributed by atoms with Gasteiger partial charge in [-0.15, -0.1) is 11.8 Å². The van der Waals surface area contributed by atoms with Gasteiger partial charge in [0.2, 0.25) is 0 Å². The minimum Gasteiger partial charge on any atom is -0.468 e. The van der Waals surface area contributed by atoms with Crippen LogP contribution in [0, 0.1) is 6.92 Å². The summed E-state index contributed by atoms with van der Waals surface area (Å²) in [6, 6.07) is 12.2. The lowest BCUT2D eigenvalue weighted by atomic mass is 10.2. The molecule has 0 radical (unpaired) electrons. The van der Waals surface area contributed by atoms with Gasteiger partial charge in [0.05, 0.1) is 12.3 Å². The molecule has 0 spiro atoms. The summed E-state index contributed by atoms with van der Waals surface area (Å²) in [5, 5.41) is 0. The Morgan fingerprint density at radius 3 is 2.76 bits per heavy atom. The van der Waals surface area contributed by atoms with Gasteiger partial charge < -0.3 is 4.42 Å². The van der Waals surface area contributed by atoms with E-state index >= 15 is 0 Å². The minimum atomic E-state index is 0.0367. The molecular weight excluding hydrogens is 232 g/mol. The number of furan rings is 1. The number of nitrogens with two attached hydrogens (primary N) is 1. The third-order valence-corrected chi connectivity index (χ3v) is 3.86. The number of nitrogens with one attached hydrogen (secondary N) is 1. The molecule has 0 aliphatic carbocycles. The zero-order valence-electron chi connectivity index (χ0n) is 9.72. The summed E-state index contributed by atoms with van der Waals surface area (Å²) in [7, 11) is 0. The van der Waals surface area contributed by atoms with E-state index in [0.717, 1.165) is 11.5 Å². The fourth-order valence-corrected chi connectivity index (χ4v) is 2.67. The van der Waals surface area contributed by atoms with Crippen LogP contribution >= 0.6 is 11.8 Å². The van der Waals surface area contributed by atoms with Gasteiger partial charge in [0.25, 0.3) is 0 Å². The van der Waals surface area contributed by atoms with Gasteiger partial charge in [0.15, 0.2) is 0 Å². The molecule has 0 amide bonds. The van der Waals surface area contributed by atoms with Crippen molar-refractivity contribution in [3.05, 3.63) is 54.0 Å². The van der Waals surface area contributed by atoms with Crippen LogP contribution in [0.15, 0.2) is 52.0 Å². The maximum atomic E-state index is 5.54. The fraction of sp³-hybridized carbons (Fsp3) is 0.231. The van der Waals surface area contributed by atoms with Crippen LogP contribution in [-0.4, -0.2) is 5.75 Å². The number of hydrogen-bond donors (Lipinski definition) is 2. The number of aryl methyl sites for hydroxylation is 1. The highest BCUT2D eigenvalue weighted by Gasteiger charge is 2.13. The number of rotatable bonds is 5. The third-order valence-electron chi connectivity index (χ3n) is 2.59. The predicted molar refractivity (Wildman–Crippen MR) is 70.7 cm³/mol. The molecule has 0 saturated heterocycles. The molecule has 2 rings (SSSR count). The molecule has 1 aromatic carbocycles. The monoisotopic (exact) mass is 248 g/mol. The van der Waals surface area contributed by atoms with Gasteiger partial charge >= 0.3 is 0 Å². The first-order valence-electron chi connectivity index (χ1n) is 5.49. The fourth-order valence-electron chi connectivity index (χ4n) is 1.59. The summed E-state index contributed by atoms with van der Waals surface area (Å²) in [4.78, 5) is 1.28. The smallest absolute Gasteiger partial charge is 0.122 e. The van der Waals surface area contributed by atoms with E-state index in [1.807, 2.05) is 24.3 Å². The van der Waals surface area contributed by atoms with Crippen LogP contribution in [0.3, 0.4) is 0 Å². The Labute approximate surface area is 105 Å². The van der Waals surface area contributed by atoms with E-state index in [0.29, 0.717) is 0 Å². The van der Waals surface area contributed by atoms with Crippen molar-refractivity contribution in [2.24, 2.45) is 5.84 Å². The molecule has 1 heterocycles. The van der Waals surface area contributed by atoms with Gasteiger partial charge in [0.1, 0.15) is 5.76 Å². The molecule has 1 unspecified atom stereocenters. The lowest BCUT2D eigenvalue weighted by Gasteiger charge is -2.13. The van der Waals surface area contributed by atoms with Crippen molar-refractivity contribution in [2.75, 3.05) is 5.75 Å². The zero-order chi connectivity index (χ0) is 12.1. The standard InChI is InChI=1S/C13H16N2OS/c1-10-5-2-3-7-13(10)17-9-11(15-14)12-6-4-8-16-12/h2-8,11,15H,9,14H2,1H3. The first-order chi connectivity index (χ1) is 8.31. The summed E-state index contributed by atoms with van der Waals surface area (Å²) in [5.74, 6) is 7.25. The molecule has 90 valence electrons. The lowest BCUT2D eigenvalue weighted by molar-refractivity contribution is 0.440. The van der Waals surface area contributed by atoms with Crippen molar-refractivity contribution >= 4 is 11.8 Å². The second kappa shape index (κ2) is 5.91. The van der Waals surface area contributed by atoms with Gasteiger partial charge in [-0.2, -0.15) is 0 Å². The minimum absolute atomic E-state index is 0.0367. The average molecular weight is 248 g/mol. The molecule has 0 fully saturated rings. The van der Waals surface area contributed by atoms with Gasteiger partial charge in [-0.05, 0) is 30.7 Å². The third kappa shape index (κ3) is 3.12. The zero-order valence-corrected chi connectivity index (χ0v) is 10.5. The lowest BCUT2D eigenvalue weighted by Crippen LogP contribution is -2.29. The Balaban J connectivity index is 2.00. The van der Waals surface area contributed by atoms with Gasteiger partial charge in [-0.3, -0.25) is 5.84 Å². The summed E-state index contributed by atoms with van der Waals surface area (Å²) >= 11 is 1.78. The second-order valence-corrected chi connectivity index (χ2v) is 4.87. The summed E-state index contributed by atoms with van der Waals surface area (Å²) in [6.07, 6.45) is 1.66. The highest BCUT2D eigenvalue weighted by Crippen LogP contribution is 2.26. The van der Waals surface area contributed by atoms with E-state index in [1.165, 1.54) is 10.5 Å². The molecule has 3 nitrogen and oxygen atoms in total. The maximum Gasteiger partial charge on any atom is 0.122 e. The number of hydrogen-bond acceptors (Lipinski definition) is 4. The molecule has 0 aliphatic rings. The molecule has 2 aromatic rings. The van der Waals surface area contributed by atoms with E-state index < -0.39 is 0 Å². The Bertz CT molecular complexity index is 456. The van der Waals surface area contributed by atoms with Crippen LogP contribution in [0.1, 0.15) is 17.4 Å². The van der Waals surface area contributed by atoms with Crippen LogP contribution in [0.5, 0.6) is 0 Å². The Morgan fingerprint density at radius 2 is 2.12 bits per heavy atom. The highest BCUT2D eigenvalue weighted by atomic mass is 32.2. The van der Waals surface area contributed by atoms with Gasteiger partial charge in [0, 0.05) is 10.6 Å².